The molecule has 16 heteroatoms. The molecule has 3 heterocycles. The van der Waals surface area contributed by atoms with Crippen molar-refractivity contribution in [3.63, 3.8) is 0 Å². The normalized spacial score (nSPS) is 25.5. The molecule has 5 amide bonds. The zero-order chi connectivity index (χ0) is 41.3. The van der Waals surface area contributed by atoms with Crippen molar-refractivity contribution in [3.05, 3.63) is 70.0 Å². The Morgan fingerprint density at radius 2 is 1.72 bits per heavy atom. The second kappa shape index (κ2) is 16.6. The van der Waals surface area contributed by atoms with E-state index in [-0.39, 0.29) is 44.8 Å². The van der Waals surface area contributed by atoms with Gasteiger partial charge < -0.3 is 25.0 Å². The van der Waals surface area contributed by atoms with Crippen LogP contribution in [-0.2, 0) is 52.7 Å². The third-order valence-electron chi connectivity index (χ3n) is 11.3. The highest BCUT2D eigenvalue weighted by atomic mass is 32.2. The first kappa shape index (κ1) is 41.9. The summed E-state index contributed by atoms with van der Waals surface area (Å²) < 4.78 is 54.8. The molecule has 4 aliphatic rings. The van der Waals surface area contributed by atoms with E-state index in [2.05, 4.69) is 15.4 Å². The molecule has 0 bridgehead atoms. The van der Waals surface area contributed by atoms with Crippen LogP contribution in [0, 0.1) is 25.6 Å². The first-order chi connectivity index (χ1) is 26.8. The fourth-order valence-corrected chi connectivity index (χ4v) is 9.50. The van der Waals surface area contributed by atoms with E-state index in [1.165, 1.54) is 15.9 Å². The van der Waals surface area contributed by atoms with Gasteiger partial charge in [0, 0.05) is 18.5 Å². The van der Waals surface area contributed by atoms with E-state index < -0.39 is 80.8 Å². The number of hydrogen-bond donors (Lipinski definition) is 3. The SMILES string of the molecule is Cc1ccc(CS(=O)(=O)NC(=O)[C@@]23C[C@@H]2CCCCCCC[C@H](NC(=O)OC(C)(C)C)C(=O)N2C[C@H](OC(=O)N4Cc5cccc(F)c5C4)C[C@H]2C(=O)N3)c(C)c1. The lowest BCUT2D eigenvalue weighted by Crippen LogP contribution is -2.58. The summed E-state index contributed by atoms with van der Waals surface area (Å²) in [5.74, 6) is -3.37. The maximum absolute atomic E-state index is 14.5. The molecule has 0 spiro atoms. The standard InChI is InChI=1S/C41H54FN5O9S/c1-25-16-17-28(26(2)18-25)24-57(53,54)45-37(50)41-20-29(41)13-9-7-6-8-10-15-33(43-38(51)56-40(3,4)5)36(49)47-22-30(19-34(47)35(48)44-41)55-39(52)46-21-27-12-11-14-32(42)31(27)23-46/h11-12,14,16-18,29-30,33-34H,6-10,13,15,19-24H2,1-5H3,(H,43,51)(H,44,48)(H,45,50)/t29-,30+,33-,34-,41+/m0/s1. The number of ether oxygens (including phenoxy) is 2. The highest BCUT2D eigenvalue weighted by Crippen LogP contribution is 2.48. The van der Waals surface area contributed by atoms with Crippen LogP contribution in [-0.4, -0.2) is 84.0 Å². The number of benzene rings is 2. The number of halogens is 1. The maximum Gasteiger partial charge on any atom is 0.410 e. The summed E-state index contributed by atoms with van der Waals surface area (Å²) in [5.41, 5.74) is 0.914. The third-order valence-corrected chi connectivity index (χ3v) is 12.5. The summed E-state index contributed by atoms with van der Waals surface area (Å²) in [6, 6.07) is 7.66. The molecule has 14 nitrogen and oxygen atoms in total. The zero-order valence-corrected chi connectivity index (χ0v) is 34.1. The van der Waals surface area contributed by atoms with E-state index in [0.29, 0.717) is 29.5 Å². The summed E-state index contributed by atoms with van der Waals surface area (Å²) in [6.07, 6.45) is 2.11. The molecule has 3 N–H and O–H groups in total. The molecule has 2 aromatic rings. The van der Waals surface area contributed by atoms with Crippen LogP contribution in [0.2, 0.25) is 0 Å². The van der Waals surface area contributed by atoms with Crippen molar-refractivity contribution in [1.82, 2.24) is 25.2 Å². The molecule has 2 saturated heterocycles. The van der Waals surface area contributed by atoms with Crippen molar-refractivity contribution in [3.8, 4) is 0 Å². The first-order valence-corrected chi connectivity index (χ1v) is 21.4. The summed E-state index contributed by atoms with van der Waals surface area (Å²) >= 11 is 0. The van der Waals surface area contributed by atoms with Crippen LogP contribution in [0.5, 0.6) is 0 Å². The van der Waals surface area contributed by atoms with Crippen molar-refractivity contribution >= 4 is 39.9 Å². The number of amides is 5. The van der Waals surface area contributed by atoms with Crippen molar-refractivity contribution < 1.29 is 46.3 Å². The number of aryl methyl sites for hydroxylation is 2. The number of rotatable bonds is 6. The zero-order valence-electron chi connectivity index (χ0n) is 33.3. The van der Waals surface area contributed by atoms with Gasteiger partial charge in [-0.05, 0) is 82.6 Å². The van der Waals surface area contributed by atoms with Gasteiger partial charge in [-0.25, -0.2) is 22.4 Å². The quantitative estimate of drug-likeness (QED) is 0.361. The number of hydrogen-bond acceptors (Lipinski definition) is 9. The van der Waals surface area contributed by atoms with Crippen LogP contribution in [0.1, 0.15) is 106 Å². The Morgan fingerprint density at radius 3 is 2.42 bits per heavy atom. The van der Waals surface area contributed by atoms with Crippen molar-refractivity contribution in [2.45, 2.75) is 141 Å². The number of nitrogens with zero attached hydrogens (tertiary/aromatic N) is 2. The maximum atomic E-state index is 14.5. The molecule has 0 radical (unpaired) electrons. The summed E-state index contributed by atoms with van der Waals surface area (Å²) in [4.78, 5) is 71.9. The lowest BCUT2D eigenvalue weighted by Gasteiger charge is -2.30. The Kier molecular flexibility index (Phi) is 12.2. The topological polar surface area (TPSA) is 181 Å². The lowest BCUT2D eigenvalue weighted by atomic mass is 10.0. The number of carbonyl (C=O) groups is 5. The fraction of sp³-hybridized carbons (Fsp3) is 0.585. The number of fused-ring (bicyclic) bond motifs is 3. The van der Waals surface area contributed by atoms with Gasteiger partial charge >= 0.3 is 12.2 Å². The van der Waals surface area contributed by atoms with Gasteiger partial charge in [0.05, 0.1) is 18.8 Å². The smallest absolute Gasteiger partial charge is 0.410 e. The largest absolute Gasteiger partial charge is 0.444 e. The molecule has 0 aromatic heterocycles. The van der Waals surface area contributed by atoms with Crippen LogP contribution in [0.3, 0.4) is 0 Å². The molecule has 3 fully saturated rings. The minimum Gasteiger partial charge on any atom is -0.444 e. The van der Waals surface area contributed by atoms with Crippen molar-refractivity contribution in [1.29, 1.82) is 0 Å². The van der Waals surface area contributed by atoms with E-state index in [1.807, 2.05) is 13.0 Å². The Morgan fingerprint density at radius 1 is 1.00 bits per heavy atom. The fourth-order valence-electron chi connectivity index (χ4n) is 8.23. The number of carbonyl (C=O) groups excluding carboxylic acids is 5. The highest BCUT2D eigenvalue weighted by molar-refractivity contribution is 7.89. The minimum atomic E-state index is -4.18. The minimum absolute atomic E-state index is 0.00654. The van der Waals surface area contributed by atoms with E-state index in [9.17, 15) is 36.8 Å². The molecule has 310 valence electrons. The van der Waals surface area contributed by atoms with Gasteiger partial charge in [-0.2, -0.15) is 0 Å². The van der Waals surface area contributed by atoms with E-state index in [4.69, 9.17) is 9.47 Å². The number of alkyl carbamates (subject to hydrolysis) is 1. The number of nitrogens with one attached hydrogen (secondary N) is 3. The average Bonchev–Trinajstić information content (AvgIpc) is 3.40. The lowest BCUT2D eigenvalue weighted by molar-refractivity contribution is -0.141. The second-order valence-corrected chi connectivity index (χ2v) is 18.7. The van der Waals surface area contributed by atoms with Crippen LogP contribution in [0.25, 0.3) is 0 Å². The molecule has 1 aliphatic carbocycles. The van der Waals surface area contributed by atoms with Gasteiger partial charge in [-0.15, -0.1) is 0 Å². The van der Waals surface area contributed by atoms with E-state index >= 15 is 0 Å². The molecular weight excluding hydrogens is 758 g/mol. The van der Waals surface area contributed by atoms with Crippen LogP contribution in [0.4, 0.5) is 14.0 Å². The molecule has 6 rings (SSSR count). The highest BCUT2D eigenvalue weighted by Gasteiger charge is 2.62. The second-order valence-electron chi connectivity index (χ2n) is 17.0. The summed E-state index contributed by atoms with van der Waals surface area (Å²) in [6.45, 7) is 8.71. The molecule has 2 aromatic carbocycles. The van der Waals surface area contributed by atoms with Gasteiger partial charge in [-0.3, -0.25) is 24.0 Å². The average molecular weight is 812 g/mol. The van der Waals surface area contributed by atoms with Crippen molar-refractivity contribution in [2.24, 2.45) is 5.92 Å². The first-order valence-electron chi connectivity index (χ1n) is 19.8. The van der Waals surface area contributed by atoms with Gasteiger partial charge in [-0.1, -0.05) is 68.0 Å². The Balaban J connectivity index is 1.25. The van der Waals surface area contributed by atoms with E-state index in [1.54, 1.807) is 52.0 Å². The molecule has 0 unspecified atom stereocenters. The van der Waals surface area contributed by atoms with Crippen LogP contribution >= 0.6 is 0 Å². The van der Waals surface area contributed by atoms with Crippen LogP contribution < -0.4 is 15.4 Å². The summed E-state index contributed by atoms with van der Waals surface area (Å²) in [5, 5.41) is 5.54. The molecule has 5 atom stereocenters. The predicted octanol–water partition coefficient (Wildman–Crippen LogP) is 5.02. The van der Waals surface area contributed by atoms with Gasteiger partial charge in [0.25, 0.3) is 5.91 Å². The Hall–Kier alpha value is -4.73. The Bertz CT molecular complexity index is 2020. The predicted molar refractivity (Wildman–Crippen MR) is 207 cm³/mol. The Labute approximate surface area is 333 Å². The monoisotopic (exact) mass is 811 g/mol. The van der Waals surface area contributed by atoms with Crippen LogP contribution in [0.15, 0.2) is 36.4 Å². The molecule has 3 aliphatic heterocycles. The van der Waals surface area contributed by atoms with E-state index in [0.717, 1.165) is 36.8 Å². The third kappa shape index (κ3) is 10.1. The summed E-state index contributed by atoms with van der Waals surface area (Å²) in [7, 11) is -4.18. The number of sulfonamides is 1. The van der Waals surface area contributed by atoms with Crippen molar-refractivity contribution in [2.75, 3.05) is 6.54 Å². The van der Waals surface area contributed by atoms with Gasteiger partial charge in [0.15, 0.2) is 0 Å². The molecule has 1 saturated carbocycles. The van der Waals surface area contributed by atoms with Gasteiger partial charge in [0.2, 0.25) is 21.8 Å². The molecular formula is C41H54FN5O9S. The molecule has 57 heavy (non-hydrogen) atoms. The van der Waals surface area contributed by atoms with Gasteiger partial charge in [0.1, 0.15) is 35.1 Å².